The van der Waals surface area contributed by atoms with Crippen LogP contribution in [0.2, 0.25) is 0 Å². The van der Waals surface area contributed by atoms with Gasteiger partial charge in [0, 0.05) is 12.7 Å². The molecule has 0 amide bonds. The average Bonchev–Trinajstić information content (AvgIpc) is 3.29. The predicted octanol–water partition coefficient (Wildman–Crippen LogP) is 3.67. The Morgan fingerprint density at radius 2 is 2.00 bits per heavy atom. The van der Waals surface area contributed by atoms with Gasteiger partial charge in [0.2, 0.25) is 5.88 Å². The molecule has 0 saturated carbocycles. The first-order valence-electron chi connectivity index (χ1n) is 9.08. The predicted molar refractivity (Wildman–Crippen MR) is 107 cm³/mol. The van der Waals surface area contributed by atoms with E-state index >= 15 is 0 Å². The molecule has 8 heteroatoms. The molecule has 4 heterocycles. The number of aromatic nitrogens is 6. The Morgan fingerprint density at radius 3 is 2.83 bits per heavy atom. The molecule has 0 radical (unpaired) electrons. The van der Waals surface area contributed by atoms with E-state index in [1.807, 2.05) is 40.5 Å². The van der Waals surface area contributed by atoms with Crippen molar-refractivity contribution >= 4 is 22.2 Å². The SMILES string of the molecule is COc1ncnc2ccn(-c3cnc4nc(C)n(Cc5cccc(F)c5)c4c3)c12. The number of halogens is 1. The number of aryl methyl sites for hydroxylation is 1. The van der Waals surface area contributed by atoms with Crippen LogP contribution >= 0.6 is 0 Å². The second kappa shape index (κ2) is 6.66. The molecular formula is C21H17FN6O. The fraction of sp³-hybridized carbons (Fsp3) is 0.143. The maximum absolute atomic E-state index is 13.6. The number of imidazole rings is 1. The van der Waals surface area contributed by atoms with Gasteiger partial charge in [-0.1, -0.05) is 12.1 Å². The molecule has 0 unspecified atom stereocenters. The van der Waals surface area contributed by atoms with Gasteiger partial charge in [-0.05, 0) is 36.8 Å². The van der Waals surface area contributed by atoms with Crippen LogP contribution in [0.1, 0.15) is 11.4 Å². The zero-order valence-corrected chi connectivity index (χ0v) is 15.9. The van der Waals surface area contributed by atoms with Crippen LogP contribution < -0.4 is 4.74 Å². The van der Waals surface area contributed by atoms with E-state index in [2.05, 4.69) is 19.9 Å². The van der Waals surface area contributed by atoms with Crippen LogP contribution in [0.3, 0.4) is 0 Å². The second-order valence-electron chi connectivity index (χ2n) is 6.71. The molecule has 4 aromatic heterocycles. The van der Waals surface area contributed by atoms with E-state index in [4.69, 9.17) is 4.74 Å². The van der Waals surface area contributed by atoms with Crippen LogP contribution in [0.5, 0.6) is 5.88 Å². The summed E-state index contributed by atoms with van der Waals surface area (Å²) in [5.41, 5.74) is 4.75. The number of benzene rings is 1. The lowest BCUT2D eigenvalue weighted by Crippen LogP contribution is -2.03. The number of methoxy groups -OCH3 is 1. The molecule has 0 aliphatic heterocycles. The van der Waals surface area contributed by atoms with E-state index in [0.717, 1.165) is 33.6 Å². The highest BCUT2D eigenvalue weighted by atomic mass is 19.1. The van der Waals surface area contributed by atoms with Gasteiger partial charge in [0.15, 0.2) is 5.65 Å². The van der Waals surface area contributed by atoms with E-state index in [9.17, 15) is 4.39 Å². The zero-order chi connectivity index (χ0) is 20.0. The maximum Gasteiger partial charge on any atom is 0.241 e. The van der Waals surface area contributed by atoms with Crippen molar-refractivity contribution in [3.63, 3.8) is 0 Å². The summed E-state index contributed by atoms with van der Waals surface area (Å²) in [5, 5.41) is 0. The van der Waals surface area contributed by atoms with Gasteiger partial charge in [0.05, 0.1) is 30.0 Å². The van der Waals surface area contributed by atoms with Crippen molar-refractivity contribution in [1.29, 1.82) is 0 Å². The molecule has 0 saturated heterocycles. The molecule has 5 rings (SSSR count). The Balaban J connectivity index is 1.66. The van der Waals surface area contributed by atoms with E-state index in [-0.39, 0.29) is 5.82 Å². The summed E-state index contributed by atoms with van der Waals surface area (Å²) in [7, 11) is 1.58. The summed E-state index contributed by atoms with van der Waals surface area (Å²) < 4.78 is 23.0. The van der Waals surface area contributed by atoms with Crippen molar-refractivity contribution in [1.82, 2.24) is 29.1 Å². The number of fused-ring (bicyclic) bond motifs is 2. The van der Waals surface area contributed by atoms with Crippen molar-refractivity contribution in [3.8, 4) is 11.6 Å². The van der Waals surface area contributed by atoms with Crippen LogP contribution in [-0.2, 0) is 6.54 Å². The van der Waals surface area contributed by atoms with Crippen molar-refractivity contribution in [3.05, 3.63) is 72.3 Å². The van der Waals surface area contributed by atoms with E-state index in [1.54, 1.807) is 19.4 Å². The first kappa shape index (κ1) is 17.3. The topological polar surface area (TPSA) is 70.7 Å². The normalized spacial score (nSPS) is 11.4. The van der Waals surface area contributed by atoms with Crippen molar-refractivity contribution in [2.45, 2.75) is 13.5 Å². The first-order chi connectivity index (χ1) is 14.1. The molecule has 0 atom stereocenters. The van der Waals surface area contributed by atoms with Gasteiger partial charge in [-0.3, -0.25) is 0 Å². The minimum Gasteiger partial charge on any atom is -0.479 e. The third kappa shape index (κ3) is 2.89. The highest BCUT2D eigenvalue weighted by Gasteiger charge is 2.15. The maximum atomic E-state index is 13.6. The van der Waals surface area contributed by atoms with Gasteiger partial charge < -0.3 is 13.9 Å². The molecule has 144 valence electrons. The van der Waals surface area contributed by atoms with Crippen molar-refractivity contribution in [2.24, 2.45) is 0 Å². The van der Waals surface area contributed by atoms with Gasteiger partial charge >= 0.3 is 0 Å². The third-order valence-corrected chi connectivity index (χ3v) is 4.92. The lowest BCUT2D eigenvalue weighted by molar-refractivity contribution is 0.401. The fourth-order valence-corrected chi connectivity index (χ4v) is 3.57. The van der Waals surface area contributed by atoms with Crippen LogP contribution in [-0.4, -0.2) is 36.2 Å². The minimum absolute atomic E-state index is 0.255. The standard InChI is InChI=1S/C21H17FN6O/c1-13-26-20-18(28(13)11-14-4-3-5-15(22)8-14)9-16(10-23-20)27-7-6-17-19(27)21(29-2)25-12-24-17/h3-10,12H,11H2,1-2H3. The smallest absolute Gasteiger partial charge is 0.241 e. The third-order valence-electron chi connectivity index (χ3n) is 4.92. The Hall–Kier alpha value is -3.81. The molecule has 0 aliphatic rings. The zero-order valence-electron chi connectivity index (χ0n) is 15.9. The van der Waals surface area contributed by atoms with Gasteiger partial charge in [-0.15, -0.1) is 0 Å². The molecule has 5 aromatic rings. The molecule has 0 fully saturated rings. The number of ether oxygens (including phenoxy) is 1. The second-order valence-corrected chi connectivity index (χ2v) is 6.71. The highest BCUT2D eigenvalue weighted by molar-refractivity contribution is 5.83. The lowest BCUT2D eigenvalue weighted by Gasteiger charge is -2.10. The van der Waals surface area contributed by atoms with Gasteiger partial charge in [0.25, 0.3) is 0 Å². The van der Waals surface area contributed by atoms with Gasteiger partial charge in [-0.2, -0.15) is 4.98 Å². The van der Waals surface area contributed by atoms with Gasteiger partial charge in [-0.25, -0.2) is 19.3 Å². The van der Waals surface area contributed by atoms with E-state index in [1.165, 1.54) is 18.5 Å². The molecular weight excluding hydrogens is 371 g/mol. The Morgan fingerprint density at radius 1 is 1.10 bits per heavy atom. The number of hydrogen-bond acceptors (Lipinski definition) is 5. The molecule has 1 aromatic carbocycles. The largest absolute Gasteiger partial charge is 0.479 e. The Bertz CT molecular complexity index is 1360. The summed E-state index contributed by atoms with van der Waals surface area (Å²) in [5.74, 6) is 1.05. The van der Waals surface area contributed by atoms with E-state index in [0.29, 0.717) is 18.1 Å². The number of pyridine rings is 1. The molecule has 0 spiro atoms. The van der Waals surface area contributed by atoms with E-state index < -0.39 is 0 Å². The lowest BCUT2D eigenvalue weighted by atomic mass is 10.2. The van der Waals surface area contributed by atoms with Gasteiger partial charge in [0.1, 0.15) is 23.5 Å². The summed E-state index contributed by atoms with van der Waals surface area (Å²) in [6.07, 6.45) is 5.14. The fourth-order valence-electron chi connectivity index (χ4n) is 3.57. The number of hydrogen-bond donors (Lipinski definition) is 0. The summed E-state index contributed by atoms with van der Waals surface area (Å²) in [6, 6.07) is 10.5. The molecule has 29 heavy (non-hydrogen) atoms. The quantitative estimate of drug-likeness (QED) is 0.470. The molecule has 0 aliphatic carbocycles. The first-order valence-corrected chi connectivity index (χ1v) is 9.08. The summed E-state index contributed by atoms with van der Waals surface area (Å²) in [6.45, 7) is 2.42. The summed E-state index contributed by atoms with van der Waals surface area (Å²) in [4.78, 5) is 17.6. The number of nitrogens with zero attached hydrogens (tertiary/aromatic N) is 6. The molecule has 0 bridgehead atoms. The Labute approximate surface area is 165 Å². The number of rotatable bonds is 4. The summed E-state index contributed by atoms with van der Waals surface area (Å²) >= 11 is 0. The van der Waals surface area contributed by atoms with Crippen molar-refractivity contribution < 1.29 is 9.13 Å². The molecule has 0 N–H and O–H groups in total. The average molecular weight is 388 g/mol. The van der Waals surface area contributed by atoms with Crippen LogP contribution in [0.25, 0.3) is 27.9 Å². The van der Waals surface area contributed by atoms with Crippen LogP contribution in [0, 0.1) is 12.7 Å². The monoisotopic (exact) mass is 388 g/mol. The Kier molecular flexibility index (Phi) is 3.97. The van der Waals surface area contributed by atoms with Crippen molar-refractivity contribution in [2.75, 3.05) is 7.11 Å². The van der Waals surface area contributed by atoms with Crippen LogP contribution in [0.4, 0.5) is 4.39 Å². The molecule has 7 nitrogen and oxygen atoms in total. The van der Waals surface area contributed by atoms with Crippen LogP contribution in [0.15, 0.2) is 55.1 Å². The minimum atomic E-state index is -0.255. The highest BCUT2D eigenvalue weighted by Crippen LogP contribution is 2.27.